The summed E-state index contributed by atoms with van der Waals surface area (Å²) in [4.78, 5) is 25.7. The van der Waals surface area contributed by atoms with Crippen molar-refractivity contribution in [3.05, 3.63) is 29.8 Å². The molecule has 0 bridgehead atoms. The van der Waals surface area contributed by atoms with Crippen LogP contribution in [0.5, 0.6) is 0 Å². The van der Waals surface area contributed by atoms with E-state index < -0.39 is 6.04 Å². The van der Waals surface area contributed by atoms with Crippen molar-refractivity contribution >= 4 is 17.5 Å². The molecule has 1 aromatic carbocycles. The molecule has 1 heterocycles. The zero-order chi connectivity index (χ0) is 14.2. The molecular weight excluding hydrogens is 240 g/mol. The fourth-order valence-corrected chi connectivity index (χ4v) is 2.31. The fourth-order valence-electron chi connectivity index (χ4n) is 2.31. The largest absolute Gasteiger partial charge is 0.301 e. The number of amides is 2. The number of anilines is 1. The Kier molecular flexibility index (Phi) is 3.45. The van der Waals surface area contributed by atoms with Gasteiger partial charge in [0.1, 0.15) is 0 Å². The lowest BCUT2D eigenvalue weighted by Crippen LogP contribution is -2.47. The van der Waals surface area contributed by atoms with Crippen LogP contribution in [-0.2, 0) is 9.59 Å². The van der Waals surface area contributed by atoms with Gasteiger partial charge in [-0.25, -0.2) is 4.90 Å². The van der Waals surface area contributed by atoms with Crippen LogP contribution in [0.1, 0.15) is 32.8 Å². The summed E-state index contributed by atoms with van der Waals surface area (Å²) in [6.45, 7) is 7.90. The van der Waals surface area contributed by atoms with Gasteiger partial charge >= 0.3 is 0 Å². The molecular formula is C15H20N2O2. The fraction of sp³-hybridized carbons (Fsp3) is 0.467. The second-order valence-corrected chi connectivity index (χ2v) is 6.06. The number of nitrogens with zero attached hydrogens (tertiary/aromatic N) is 1. The number of imide groups is 1. The van der Waals surface area contributed by atoms with E-state index in [2.05, 4.69) is 5.32 Å². The van der Waals surface area contributed by atoms with Gasteiger partial charge in [-0.15, -0.1) is 0 Å². The van der Waals surface area contributed by atoms with E-state index in [4.69, 9.17) is 0 Å². The second-order valence-electron chi connectivity index (χ2n) is 6.06. The van der Waals surface area contributed by atoms with Gasteiger partial charge in [0.2, 0.25) is 5.91 Å². The first-order chi connectivity index (χ1) is 8.78. The number of carbonyl (C=O) groups excluding carboxylic acids is 2. The molecule has 0 spiro atoms. The maximum Gasteiger partial charge on any atom is 0.251 e. The predicted octanol–water partition coefficient (Wildman–Crippen LogP) is 2.02. The van der Waals surface area contributed by atoms with Crippen molar-refractivity contribution in [2.24, 2.45) is 0 Å². The van der Waals surface area contributed by atoms with E-state index in [1.165, 1.54) is 4.90 Å². The van der Waals surface area contributed by atoms with Crippen LogP contribution in [-0.4, -0.2) is 23.4 Å². The highest BCUT2D eigenvalue weighted by atomic mass is 16.2. The summed E-state index contributed by atoms with van der Waals surface area (Å²) in [7, 11) is 0. The van der Waals surface area contributed by atoms with Crippen molar-refractivity contribution in [1.82, 2.24) is 5.32 Å². The van der Waals surface area contributed by atoms with Crippen LogP contribution in [0.2, 0.25) is 0 Å². The molecule has 102 valence electrons. The Morgan fingerprint density at radius 3 is 2.53 bits per heavy atom. The van der Waals surface area contributed by atoms with Gasteiger partial charge in [-0.3, -0.25) is 9.59 Å². The van der Waals surface area contributed by atoms with Crippen LogP contribution in [0.25, 0.3) is 0 Å². The minimum atomic E-state index is -0.423. The zero-order valence-electron chi connectivity index (χ0n) is 11.9. The number of carbonyl (C=O) groups is 2. The van der Waals surface area contributed by atoms with Crippen molar-refractivity contribution in [2.75, 3.05) is 4.90 Å². The third kappa shape index (κ3) is 3.01. The SMILES string of the molecule is Cc1cccc(N2C(=O)C[C@@H](NC(C)(C)C)C2=O)c1. The van der Waals surface area contributed by atoms with Gasteiger partial charge in [0.15, 0.2) is 0 Å². The number of hydrogen-bond donors (Lipinski definition) is 1. The molecule has 4 nitrogen and oxygen atoms in total. The van der Waals surface area contributed by atoms with Gasteiger partial charge in [-0.2, -0.15) is 0 Å². The normalized spacial score (nSPS) is 20.2. The Bertz CT molecular complexity index is 517. The van der Waals surface area contributed by atoms with Gasteiger partial charge in [-0.1, -0.05) is 12.1 Å². The Morgan fingerprint density at radius 2 is 1.95 bits per heavy atom. The van der Waals surface area contributed by atoms with Gasteiger partial charge in [-0.05, 0) is 45.4 Å². The lowest BCUT2D eigenvalue weighted by Gasteiger charge is -2.24. The first-order valence-corrected chi connectivity index (χ1v) is 6.49. The third-order valence-electron chi connectivity index (χ3n) is 3.01. The molecule has 0 radical (unpaired) electrons. The van der Waals surface area contributed by atoms with Crippen molar-refractivity contribution in [2.45, 2.75) is 45.7 Å². The number of aryl methyl sites for hydroxylation is 1. The van der Waals surface area contributed by atoms with E-state index in [1.54, 1.807) is 6.07 Å². The molecule has 1 aromatic rings. The summed E-state index contributed by atoms with van der Waals surface area (Å²) in [5.41, 5.74) is 1.50. The molecule has 2 rings (SSSR count). The first kappa shape index (κ1) is 13.7. The number of rotatable bonds is 2. The summed E-state index contributed by atoms with van der Waals surface area (Å²) in [6, 6.07) is 7.03. The molecule has 0 aromatic heterocycles. The number of benzene rings is 1. The molecule has 1 aliphatic heterocycles. The predicted molar refractivity (Wildman–Crippen MR) is 75.0 cm³/mol. The van der Waals surface area contributed by atoms with E-state index in [9.17, 15) is 9.59 Å². The Labute approximate surface area is 113 Å². The van der Waals surface area contributed by atoms with E-state index in [0.717, 1.165) is 5.56 Å². The smallest absolute Gasteiger partial charge is 0.251 e. The van der Waals surface area contributed by atoms with Crippen LogP contribution in [0.3, 0.4) is 0 Å². The highest BCUT2D eigenvalue weighted by Crippen LogP contribution is 2.24. The average molecular weight is 260 g/mol. The molecule has 1 atom stereocenters. The van der Waals surface area contributed by atoms with Crippen LogP contribution >= 0.6 is 0 Å². The van der Waals surface area contributed by atoms with Gasteiger partial charge < -0.3 is 5.32 Å². The number of hydrogen-bond acceptors (Lipinski definition) is 3. The first-order valence-electron chi connectivity index (χ1n) is 6.49. The van der Waals surface area contributed by atoms with Crippen molar-refractivity contribution in [3.8, 4) is 0 Å². The monoisotopic (exact) mass is 260 g/mol. The standard InChI is InChI=1S/C15H20N2O2/c1-10-6-5-7-11(8-10)17-13(18)9-12(14(17)19)16-15(2,3)4/h5-8,12,16H,9H2,1-4H3/t12-/m1/s1. The second kappa shape index (κ2) is 4.78. The minimum absolute atomic E-state index is 0.141. The summed E-state index contributed by atoms with van der Waals surface area (Å²) >= 11 is 0. The van der Waals surface area contributed by atoms with Gasteiger partial charge in [0, 0.05) is 5.54 Å². The van der Waals surface area contributed by atoms with E-state index >= 15 is 0 Å². The zero-order valence-corrected chi connectivity index (χ0v) is 11.9. The molecule has 2 amide bonds. The Balaban J connectivity index is 2.24. The molecule has 1 aliphatic rings. The van der Waals surface area contributed by atoms with E-state index in [1.807, 2.05) is 45.9 Å². The average Bonchev–Trinajstić information content (AvgIpc) is 2.51. The lowest BCUT2D eigenvalue weighted by molar-refractivity contribution is -0.121. The maximum absolute atomic E-state index is 12.3. The molecule has 1 N–H and O–H groups in total. The van der Waals surface area contributed by atoms with Crippen molar-refractivity contribution < 1.29 is 9.59 Å². The Morgan fingerprint density at radius 1 is 1.26 bits per heavy atom. The minimum Gasteiger partial charge on any atom is -0.301 e. The molecule has 1 saturated heterocycles. The van der Waals surface area contributed by atoms with Crippen LogP contribution < -0.4 is 10.2 Å². The Hall–Kier alpha value is -1.68. The molecule has 0 unspecified atom stereocenters. The van der Waals surface area contributed by atoms with Crippen molar-refractivity contribution in [1.29, 1.82) is 0 Å². The maximum atomic E-state index is 12.3. The van der Waals surface area contributed by atoms with Gasteiger partial charge in [0.25, 0.3) is 5.91 Å². The summed E-state index contributed by atoms with van der Waals surface area (Å²) < 4.78 is 0. The summed E-state index contributed by atoms with van der Waals surface area (Å²) in [5, 5.41) is 3.20. The molecule has 19 heavy (non-hydrogen) atoms. The molecule has 1 fully saturated rings. The highest BCUT2D eigenvalue weighted by molar-refractivity contribution is 6.22. The molecule has 4 heteroatoms. The van der Waals surface area contributed by atoms with E-state index in [-0.39, 0.29) is 23.8 Å². The highest BCUT2D eigenvalue weighted by Gasteiger charge is 2.40. The van der Waals surface area contributed by atoms with Crippen LogP contribution in [0.15, 0.2) is 24.3 Å². The summed E-state index contributed by atoms with van der Waals surface area (Å²) in [5.74, 6) is -0.303. The lowest BCUT2D eigenvalue weighted by atomic mass is 10.1. The van der Waals surface area contributed by atoms with E-state index in [0.29, 0.717) is 5.69 Å². The third-order valence-corrected chi connectivity index (χ3v) is 3.01. The number of nitrogens with one attached hydrogen (secondary N) is 1. The van der Waals surface area contributed by atoms with Crippen LogP contribution in [0.4, 0.5) is 5.69 Å². The van der Waals surface area contributed by atoms with Crippen LogP contribution in [0, 0.1) is 6.92 Å². The molecule has 0 saturated carbocycles. The quantitative estimate of drug-likeness (QED) is 0.828. The topological polar surface area (TPSA) is 49.4 Å². The van der Waals surface area contributed by atoms with Gasteiger partial charge in [0.05, 0.1) is 18.2 Å². The molecule has 0 aliphatic carbocycles. The van der Waals surface area contributed by atoms with Crippen molar-refractivity contribution in [3.63, 3.8) is 0 Å². The summed E-state index contributed by atoms with van der Waals surface area (Å²) in [6.07, 6.45) is 0.226.